The van der Waals surface area contributed by atoms with Crippen molar-refractivity contribution in [1.29, 1.82) is 0 Å². The number of ether oxygens (including phenoxy) is 2. The highest BCUT2D eigenvalue weighted by Crippen LogP contribution is 2.20. The van der Waals surface area contributed by atoms with Crippen LogP contribution in [0.2, 0.25) is 5.02 Å². The van der Waals surface area contributed by atoms with Gasteiger partial charge < -0.3 is 14.8 Å². The van der Waals surface area contributed by atoms with Gasteiger partial charge in [-0.15, -0.1) is 0 Å². The Morgan fingerprint density at radius 1 is 1.06 bits per heavy atom. The number of nitrogens with zero attached hydrogens (tertiary/aromatic N) is 1. The van der Waals surface area contributed by atoms with E-state index in [0.717, 1.165) is 0 Å². The number of hydrogen-bond acceptors (Lipinski definition) is 7. The number of carbonyl (C=O) groups excluding carboxylic acids is 2. The van der Waals surface area contributed by atoms with Crippen molar-refractivity contribution in [2.75, 3.05) is 17.1 Å². The minimum absolute atomic E-state index is 0.0307. The average Bonchev–Trinajstić information content (AvgIpc) is 2.80. The molecule has 0 aliphatic carbocycles. The zero-order chi connectivity index (χ0) is 24.0. The summed E-state index contributed by atoms with van der Waals surface area (Å²) >= 11 is 5.75. The topological polar surface area (TPSA) is 124 Å². The Morgan fingerprint density at radius 2 is 1.79 bits per heavy atom. The minimum Gasteiger partial charge on any atom is -0.497 e. The monoisotopic (exact) mass is 489 g/mol. The summed E-state index contributed by atoms with van der Waals surface area (Å²) in [6.07, 6.45) is 0.201. The lowest BCUT2D eigenvalue weighted by Gasteiger charge is -2.14. The zero-order valence-electron chi connectivity index (χ0n) is 17.6. The van der Waals surface area contributed by atoms with Crippen LogP contribution in [-0.2, 0) is 19.6 Å². The first kappa shape index (κ1) is 24.0. The van der Waals surface area contributed by atoms with E-state index in [1.807, 2.05) is 0 Å². The van der Waals surface area contributed by atoms with E-state index < -0.39 is 28.0 Å². The molecule has 0 aliphatic rings. The lowest BCUT2D eigenvalue weighted by molar-refractivity contribution is -0.123. The highest BCUT2D eigenvalue weighted by molar-refractivity contribution is 7.92. The van der Waals surface area contributed by atoms with Gasteiger partial charge in [-0.25, -0.2) is 18.2 Å². The second kappa shape index (κ2) is 10.3. The number of carbonyl (C=O) groups is 2. The average molecular weight is 490 g/mol. The number of rotatable bonds is 8. The number of aromatic nitrogens is 1. The summed E-state index contributed by atoms with van der Waals surface area (Å²) in [7, 11) is -2.47. The summed E-state index contributed by atoms with van der Waals surface area (Å²) in [5.41, 5.74) is 0.293. The van der Waals surface area contributed by atoms with Crippen LogP contribution in [0.4, 0.5) is 11.5 Å². The highest BCUT2D eigenvalue weighted by atomic mass is 35.5. The van der Waals surface area contributed by atoms with E-state index in [0.29, 0.717) is 16.5 Å². The van der Waals surface area contributed by atoms with Crippen LogP contribution in [-0.4, -0.2) is 38.5 Å². The summed E-state index contributed by atoms with van der Waals surface area (Å²) in [5, 5.41) is 2.90. The van der Waals surface area contributed by atoms with Gasteiger partial charge in [0.15, 0.2) is 6.10 Å². The Morgan fingerprint density at radius 3 is 2.42 bits per heavy atom. The van der Waals surface area contributed by atoms with Gasteiger partial charge in [-0.2, -0.15) is 0 Å². The molecule has 0 saturated heterocycles. The predicted molar refractivity (Wildman–Crippen MR) is 123 cm³/mol. The maximum Gasteiger partial charge on any atom is 0.338 e. The number of nitrogens with one attached hydrogen (secondary N) is 2. The Hall–Kier alpha value is -3.63. The molecule has 0 radical (unpaired) electrons. The van der Waals surface area contributed by atoms with Gasteiger partial charge in [-0.3, -0.25) is 9.52 Å². The van der Waals surface area contributed by atoms with Crippen molar-refractivity contribution in [3.05, 3.63) is 77.4 Å². The fraction of sp³-hybridized carbons (Fsp3) is 0.136. The standard InChI is InChI=1S/C22H20ClN3O6S/c1-14(21(27)25-20-11-6-16(23)13-24-20)32-22(28)15-4-3-5-19(12-15)33(29,30)26-17-7-9-18(31-2)10-8-17/h3-14,26H,1-2H3,(H,24,25,27). The quantitative estimate of drug-likeness (QED) is 0.462. The van der Waals surface area contributed by atoms with Crippen LogP contribution in [0.15, 0.2) is 71.8 Å². The Bertz CT molecular complexity index is 1250. The molecule has 1 aromatic heterocycles. The van der Waals surface area contributed by atoms with E-state index in [1.165, 1.54) is 50.6 Å². The second-order valence-electron chi connectivity index (χ2n) is 6.76. The molecule has 172 valence electrons. The van der Waals surface area contributed by atoms with Gasteiger partial charge in [0, 0.05) is 11.9 Å². The maximum atomic E-state index is 12.7. The van der Waals surface area contributed by atoms with E-state index in [-0.39, 0.29) is 16.3 Å². The zero-order valence-corrected chi connectivity index (χ0v) is 19.2. The van der Waals surface area contributed by atoms with E-state index in [2.05, 4.69) is 15.0 Å². The Kier molecular flexibility index (Phi) is 7.52. The van der Waals surface area contributed by atoms with Crippen LogP contribution in [0, 0.1) is 0 Å². The largest absolute Gasteiger partial charge is 0.497 e. The maximum absolute atomic E-state index is 12.7. The highest BCUT2D eigenvalue weighted by Gasteiger charge is 2.22. The third-order valence-electron chi connectivity index (χ3n) is 4.35. The summed E-state index contributed by atoms with van der Waals surface area (Å²) in [6.45, 7) is 1.38. The van der Waals surface area contributed by atoms with E-state index in [4.69, 9.17) is 21.1 Å². The number of esters is 1. The number of amides is 1. The fourth-order valence-electron chi connectivity index (χ4n) is 2.62. The van der Waals surface area contributed by atoms with Crippen molar-refractivity contribution in [3.8, 4) is 5.75 Å². The molecule has 2 aromatic carbocycles. The fourth-order valence-corrected chi connectivity index (χ4v) is 3.84. The first-order valence-electron chi connectivity index (χ1n) is 9.58. The molecule has 1 amide bonds. The number of methoxy groups -OCH3 is 1. The van der Waals surface area contributed by atoms with Gasteiger partial charge in [-0.1, -0.05) is 17.7 Å². The van der Waals surface area contributed by atoms with Gasteiger partial charge in [-0.05, 0) is 61.5 Å². The molecule has 2 N–H and O–H groups in total. The first-order valence-corrected chi connectivity index (χ1v) is 11.4. The third-order valence-corrected chi connectivity index (χ3v) is 5.96. The van der Waals surface area contributed by atoms with Gasteiger partial charge in [0.05, 0.1) is 22.6 Å². The lowest BCUT2D eigenvalue weighted by atomic mass is 10.2. The van der Waals surface area contributed by atoms with Crippen molar-refractivity contribution in [2.24, 2.45) is 0 Å². The molecule has 0 aliphatic heterocycles. The molecule has 0 fully saturated rings. The van der Waals surface area contributed by atoms with E-state index in [9.17, 15) is 18.0 Å². The molecular weight excluding hydrogens is 470 g/mol. The van der Waals surface area contributed by atoms with Crippen molar-refractivity contribution in [1.82, 2.24) is 4.98 Å². The van der Waals surface area contributed by atoms with Gasteiger partial charge in [0.2, 0.25) is 0 Å². The molecule has 3 rings (SSSR count). The number of benzene rings is 2. The Balaban J connectivity index is 1.67. The molecule has 0 spiro atoms. The number of hydrogen-bond donors (Lipinski definition) is 2. The third kappa shape index (κ3) is 6.43. The van der Waals surface area contributed by atoms with E-state index in [1.54, 1.807) is 30.3 Å². The lowest BCUT2D eigenvalue weighted by Crippen LogP contribution is -2.30. The van der Waals surface area contributed by atoms with Crippen molar-refractivity contribution >= 4 is 45.0 Å². The number of sulfonamides is 1. The molecule has 1 atom stereocenters. The van der Waals surface area contributed by atoms with Crippen LogP contribution in [0.3, 0.4) is 0 Å². The van der Waals surface area contributed by atoms with Crippen LogP contribution in [0.1, 0.15) is 17.3 Å². The number of anilines is 2. The van der Waals surface area contributed by atoms with Gasteiger partial charge in [0.25, 0.3) is 15.9 Å². The second-order valence-corrected chi connectivity index (χ2v) is 8.88. The molecule has 3 aromatic rings. The van der Waals surface area contributed by atoms with Gasteiger partial charge in [0.1, 0.15) is 11.6 Å². The van der Waals surface area contributed by atoms with Crippen LogP contribution >= 0.6 is 11.6 Å². The van der Waals surface area contributed by atoms with Crippen molar-refractivity contribution in [3.63, 3.8) is 0 Å². The molecule has 1 heterocycles. The predicted octanol–water partition coefficient (Wildman–Crippen LogP) is 3.73. The minimum atomic E-state index is -3.97. The Labute approximate surface area is 195 Å². The molecule has 1 unspecified atom stereocenters. The summed E-state index contributed by atoms with van der Waals surface area (Å²) in [5.74, 6) is -0.649. The normalized spacial score (nSPS) is 11.8. The summed E-state index contributed by atoms with van der Waals surface area (Å²) in [6, 6.07) is 14.7. The first-order chi connectivity index (χ1) is 15.7. The number of halogens is 1. The van der Waals surface area contributed by atoms with Gasteiger partial charge >= 0.3 is 5.97 Å². The molecule has 0 saturated carbocycles. The van der Waals surface area contributed by atoms with Crippen molar-refractivity contribution < 1.29 is 27.5 Å². The molecular formula is C22H20ClN3O6S. The van der Waals surface area contributed by atoms with Crippen molar-refractivity contribution in [2.45, 2.75) is 17.9 Å². The SMILES string of the molecule is COc1ccc(NS(=O)(=O)c2cccc(C(=O)OC(C)C(=O)Nc3ccc(Cl)cn3)c2)cc1. The smallest absolute Gasteiger partial charge is 0.338 e. The summed E-state index contributed by atoms with van der Waals surface area (Å²) in [4.78, 5) is 28.6. The van der Waals surface area contributed by atoms with Crippen LogP contribution < -0.4 is 14.8 Å². The number of pyridine rings is 1. The molecule has 33 heavy (non-hydrogen) atoms. The van der Waals surface area contributed by atoms with Crippen LogP contribution in [0.5, 0.6) is 5.75 Å². The molecule has 11 heteroatoms. The summed E-state index contributed by atoms with van der Waals surface area (Å²) < 4.78 is 38.1. The molecule has 0 bridgehead atoms. The van der Waals surface area contributed by atoms with Crippen LogP contribution in [0.25, 0.3) is 0 Å². The molecule has 9 nitrogen and oxygen atoms in total. The van der Waals surface area contributed by atoms with E-state index >= 15 is 0 Å².